The van der Waals surface area contributed by atoms with Gasteiger partial charge in [-0.2, -0.15) is 0 Å². The maximum Gasteiger partial charge on any atom is 0.306 e. The van der Waals surface area contributed by atoms with Crippen molar-refractivity contribution in [1.29, 1.82) is 0 Å². The molecule has 0 heterocycles. The first-order valence-corrected chi connectivity index (χ1v) is 34.3. The number of carbonyl (C=O) groups is 3. The molecule has 6 nitrogen and oxygen atoms in total. The molecule has 0 fully saturated rings. The van der Waals surface area contributed by atoms with Gasteiger partial charge in [0.25, 0.3) is 0 Å². The first kappa shape index (κ1) is 73.9. The van der Waals surface area contributed by atoms with E-state index in [1.807, 2.05) is 0 Å². The van der Waals surface area contributed by atoms with Gasteiger partial charge in [-0.15, -0.1) is 0 Å². The van der Waals surface area contributed by atoms with Crippen LogP contribution in [0.5, 0.6) is 0 Å². The minimum atomic E-state index is -0.771. The second-order valence-corrected chi connectivity index (χ2v) is 23.5. The second-order valence-electron chi connectivity index (χ2n) is 23.5. The summed E-state index contributed by atoms with van der Waals surface area (Å²) in [6, 6.07) is 0. The smallest absolute Gasteiger partial charge is 0.306 e. The lowest BCUT2D eigenvalue weighted by atomic mass is 10.0. The first-order chi connectivity index (χ1) is 37.5. The van der Waals surface area contributed by atoms with E-state index in [-0.39, 0.29) is 31.1 Å². The molecule has 0 saturated heterocycles. The van der Waals surface area contributed by atoms with Gasteiger partial charge >= 0.3 is 17.9 Å². The number of allylic oxidation sites excluding steroid dienone is 4. The van der Waals surface area contributed by atoms with Gasteiger partial charge in [0.2, 0.25) is 0 Å². The van der Waals surface area contributed by atoms with Gasteiger partial charge in [-0.05, 0) is 51.4 Å². The Morgan fingerprint density at radius 3 is 0.750 bits per heavy atom. The van der Waals surface area contributed by atoms with Crippen LogP contribution in [0.25, 0.3) is 0 Å². The van der Waals surface area contributed by atoms with E-state index in [9.17, 15) is 14.4 Å². The number of unbranched alkanes of at least 4 members (excludes halogenated alkanes) is 49. The number of carbonyl (C=O) groups excluding carboxylic acids is 3. The van der Waals surface area contributed by atoms with Crippen molar-refractivity contribution in [1.82, 2.24) is 0 Å². The van der Waals surface area contributed by atoms with Crippen LogP contribution in [0.3, 0.4) is 0 Å². The van der Waals surface area contributed by atoms with Crippen LogP contribution in [-0.4, -0.2) is 37.2 Å². The van der Waals surface area contributed by atoms with E-state index in [2.05, 4.69) is 45.1 Å². The molecule has 0 aromatic heterocycles. The van der Waals surface area contributed by atoms with E-state index >= 15 is 0 Å². The summed E-state index contributed by atoms with van der Waals surface area (Å²) in [6.07, 6.45) is 79.3. The fourth-order valence-corrected chi connectivity index (χ4v) is 10.5. The average Bonchev–Trinajstić information content (AvgIpc) is 3.42. The van der Waals surface area contributed by atoms with Crippen LogP contribution in [0.2, 0.25) is 0 Å². The summed E-state index contributed by atoms with van der Waals surface area (Å²) in [4.78, 5) is 38.3. The maximum atomic E-state index is 12.9. The molecule has 0 aliphatic carbocycles. The summed E-state index contributed by atoms with van der Waals surface area (Å²) in [6.45, 7) is 6.68. The highest BCUT2D eigenvalue weighted by molar-refractivity contribution is 5.71. The van der Waals surface area contributed by atoms with Crippen molar-refractivity contribution in [2.45, 2.75) is 393 Å². The minimum Gasteiger partial charge on any atom is -0.462 e. The van der Waals surface area contributed by atoms with Gasteiger partial charge in [0, 0.05) is 19.3 Å². The van der Waals surface area contributed by atoms with E-state index in [0.717, 1.165) is 70.6 Å². The fourth-order valence-electron chi connectivity index (χ4n) is 10.5. The Kier molecular flexibility index (Phi) is 63.6. The molecule has 0 aromatic rings. The lowest BCUT2D eigenvalue weighted by Gasteiger charge is -2.18. The summed E-state index contributed by atoms with van der Waals surface area (Å²) in [5, 5.41) is 0. The van der Waals surface area contributed by atoms with Crippen LogP contribution < -0.4 is 0 Å². The topological polar surface area (TPSA) is 78.9 Å². The summed E-state index contributed by atoms with van der Waals surface area (Å²) < 4.78 is 16.9. The van der Waals surface area contributed by atoms with Crippen LogP contribution in [0.1, 0.15) is 387 Å². The largest absolute Gasteiger partial charge is 0.462 e. The molecule has 0 saturated carbocycles. The number of rotatable bonds is 64. The average molecular weight is 1070 g/mol. The molecule has 0 N–H and O–H groups in total. The van der Waals surface area contributed by atoms with Crippen LogP contribution in [0, 0.1) is 0 Å². The maximum absolute atomic E-state index is 12.9. The molecule has 0 bridgehead atoms. The minimum absolute atomic E-state index is 0.0685. The Morgan fingerprint density at radius 2 is 0.474 bits per heavy atom. The van der Waals surface area contributed by atoms with Gasteiger partial charge < -0.3 is 14.2 Å². The molecule has 6 heteroatoms. The summed E-state index contributed by atoms with van der Waals surface area (Å²) in [5.41, 5.74) is 0. The van der Waals surface area contributed by atoms with E-state index in [0.29, 0.717) is 19.3 Å². The molecule has 0 aliphatic heterocycles. The third-order valence-corrected chi connectivity index (χ3v) is 15.7. The predicted octanol–water partition coefficient (Wildman–Crippen LogP) is 23.4. The van der Waals surface area contributed by atoms with Crippen LogP contribution in [0.4, 0.5) is 0 Å². The second kappa shape index (κ2) is 65.4. The zero-order valence-corrected chi connectivity index (χ0v) is 51.6. The molecule has 0 rings (SSSR count). The number of hydrogen-bond donors (Lipinski definition) is 0. The van der Waals surface area contributed by atoms with E-state index in [1.54, 1.807) is 0 Å². The van der Waals surface area contributed by atoms with E-state index in [4.69, 9.17) is 14.2 Å². The van der Waals surface area contributed by atoms with Crippen molar-refractivity contribution in [2.24, 2.45) is 0 Å². The highest BCUT2D eigenvalue weighted by Gasteiger charge is 2.19. The van der Waals surface area contributed by atoms with Gasteiger partial charge in [0.1, 0.15) is 13.2 Å². The van der Waals surface area contributed by atoms with Crippen molar-refractivity contribution in [2.75, 3.05) is 13.2 Å². The lowest BCUT2D eigenvalue weighted by Crippen LogP contribution is -2.30. The highest BCUT2D eigenvalue weighted by atomic mass is 16.6. The summed E-state index contributed by atoms with van der Waals surface area (Å²) in [7, 11) is 0. The van der Waals surface area contributed by atoms with Crippen molar-refractivity contribution < 1.29 is 28.6 Å². The van der Waals surface area contributed by atoms with Gasteiger partial charge in [-0.25, -0.2) is 0 Å². The van der Waals surface area contributed by atoms with Crippen LogP contribution in [-0.2, 0) is 28.6 Å². The summed E-state index contributed by atoms with van der Waals surface area (Å²) >= 11 is 0. The monoisotopic (exact) mass is 1070 g/mol. The van der Waals surface area contributed by atoms with Gasteiger partial charge in [0.05, 0.1) is 0 Å². The first-order valence-electron chi connectivity index (χ1n) is 34.3. The Labute approximate surface area is 474 Å². The van der Waals surface area contributed by atoms with Crippen molar-refractivity contribution in [3.8, 4) is 0 Å². The SMILES string of the molecule is CCCCC/C=C\C/C=C\CCCCCCCCCC(=O)OC(COC(=O)CCCCCCCCCCCCCC)COC(=O)CCCCCCCCCCCCCCCCCCCCCCCCCCCCCCC. The van der Waals surface area contributed by atoms with Crippen molar-refractivity contribution >= 4 is 17.9 Å². The third kappa shape index (κ3) is 62.7. The summed E-state index contributed by atoms with van der Waals surface area (Å²) in [5.74, 6) is -0.849. The zero-order valence-electron chi connectivity index (χ0n) is 51.6. The predicted molar refractivity (Wildman–Crippen MR) is 330 cm³/mol. The van der Waals surface area contributed by atoms with Crippen LogP contribution >= 0.6 is 0 Å². The fraction of sp³-hybridized carbons (Fsp3) is 0.900. The molecular formula is C70H132O6. The Morgan fingerprint density at radius 1 is 0.263 bits per heavy atom. The Hall–Kier alpha value is -2.11. The van der Waals surface area contributed by atoms with Gasteiger partial charge in [0.15, 0.2) is 6.10 Å². The molecule has 0 radical (unpaired) electrons. The number of ether oxygens (including phenoxy) is 3. The van der Waals surface area contributed by atoms with Gasteiger partial charge in [-0.3, -0.25) is 14.4 Å². The third-order valence-electron chi connectivity index (χ3n) is 15.7. The molecule has 1 atom stereocenters. The highest BCUT2D eigenvalue weighted by Crippen LogP contribution is 2.19. The number of hydrogen-bond acceptors (Lipinski definition) is 6. The van der Waals surface area contributed by atoms with E-state index < -0.39 is 6.10 Å². The lowest BCUT2D eigenvalue weighted by molar-refractivity contribution is -0.167. The van der Waals surface area contributed by atoms with Crippen molar-refractivity contribution in [3.63, 3.8) is 0 Å². The zero-order chi connectivity index (χ0) is 55.0. The van der Waals surface area contributed by atoms with E-state index in [1.165, 1.54) is 276 Å². The molecule has 76 heavy (non-hydrogen) atoms. The molecule has 1 unspecified atom stereocenters. The molecule has 0 amide bonds. The Balaban J connectivity index is 4.13. The molecule has 0 spiro atoms. The number of esters is 3. The van der Waals surface area contributed by atoms with Gasteiger partial charge in [-0.1, -0.05) is 340 Å². The Bertz CT molecular complexity index is 1230. The quantitative estimate of drug-likeness (QED) is 0.0261. The normalized spacial score (nSPS) is 12.1. The van der Waals surface area contributed by atoms with Crippen LogP contribution in [0.15, 0.2) is 24.3 Å². The molecule has 0 aliphatic rings. The van der Waals surface area contributed by atoms with Crippen molar-refractivity contribution in [3.05, 3.63) is 24.3 Å². The standard InChI is InChI=1S/C70H132O6/c1-4-7-10-13-16-19-22-25-27-29-30-31-32-33-34-35-36-37-38-39-40-42-43-45-48-51-54-57-60-63-69(72)75-66-67(65-74-68(71)62-59-56-53-50-47-24-21-18-15-12-9-6-3)76-70(73)64-61-58-55-52-49-46-44-41-28-26-23-20-17-14-11-8-5-2/h17,20,26,28,67H,4-16,18-19,21-25,27,29-66H2,1-3H3/b20-17-,28-26-. The molecule has 448 valence electrons. The molecule has 0 aromatic carbocycles. The molecular weight excluding hydrogens is 937 g/mol.